The molecule has 26 heavy (non-hydrogen) atoms. The topological polar surface area (TPSA) is 56.8 Å². The fourth-order valence-corrected chi connectivity index (χ4v) is 4.34. The fourth-order valence-electron chi connectivity index (χ4n) is 3.36. The number of thiophene rings is 1. The van der Waals surface area contributed by atoms with E-state index in [1.807, 2.05) is 18.2 Å². The maximum absolute atomic E-state index is 12.3. The fraction of sp³-hybridized carbons (Fsp3) is 0.350. The molecule has 6 heteroatoms. The summed E-state index contributed by atoms with van der Waals surface area (Å²) < 4.78 is 16.2. The maximum atomic E-state index is 12.3. The maximum Gasteiger partial charge on any atom is 0.244 e. The molecule has 1 N–H and O–H groups in total. The van der Waals surface area contributed by atoms with Gasteiger partial charge >= 0.3 is 0 Å². The average Bonchev–Trinajstić information content (AvgIpc) is 3.37. The van der Waals surface area contributed by atoms with Crippen LogP contribution in [-0.2, 0) is 14.9 Å². The van der Waals surface area contributed by atoms with Crippen molar-refractivity contribution in [3.63, 3.8) is 0 Å². The molecular formula is C20H21NO4S. The molecule has 1 aromatic carbocycles. The number of amides is 1. The van der Waals surface area contributed by atoms with E-state index in [-0.39, 0.29) is 18.1 Å². The van der Waals surface area contributed by atoms with Gasteiger partial charge in [-0.15, -0.1) is 11.3 Å². The third-order valence-corrected chi connectivity index (χ3v) is 6.03. The van der Waals surface area contributed by atoms with Gasteiger partial charge in [-0.25, -0.2) is 0 Å². The van der Waals surface area contributed by atoms with Gasteiger partial charge in [-0.3, -0.25) is 4.79 Å². The molecule has 0 spiro atoms. The third-order valence-electron chi connectivity index (χ3n) is 4.92. The Morgan fingerprint density at radius 2 is 2.04 bits per heavy atom. The van der Waals surface area contributed by atoms with E-state index in [0.717, 1.165) is 37.4 Å². The molecule has 1 aromatic heterocycles. The van der Waals surface area contributed by atoms with Crippen LogP contribution >= 0.6 is 11.3 Å². The molecular weight excluding hydrogens is 350 g/mol. The molecule has 2 aliphatic rings. The van der Waals surface area contributed by atoms with Crippen LogP contribution in [0.5, 0.6) is 11.5 Å². The van der Waals surface area contributed by atoms with Crippen LogP contribution in [0.1, 0.15) is 23.3 Å². The molecule has 1 fully saturated rings. The molecule has 136 valence electrons. The molecule has 4 rings (SSSR count). The minimum atomic E-state index is -0.0925. The summed E-state index contributed by atoms with van der Waals surface area (Å²) in [7, 11) is 0. The lowest BCUT2D eigenvalue weighted by molar-refractivity contribution is -0.116. The Labute approximate surface area is 156 Å². The van der Waals surface area contributed by atoms with Crippen molar-refractivity contribution < 1.29 is 19.0 Å². The number of hydrogen-bond acceptors (Lipinski definition) is 5. The number of fused-ring (bicyclic) bond motifs is 1. The number of carbonyl (C=O) groups excluding carboxylic acids is 1. The number of ether oxygens (including phenoxy) is 3. The molecule has 0 atom stereocenters. The second-order valence-electron chi connectivity index (χ2n) is 6.53. The van der Waals surface area contributed by atoms with Crippen molar-refractivity contribution in [3.8, 4) is 11.5 Å². The Morgan fingerprint density at radius 1 is 1.19 bits per heavy atom. The van der Waals surface area contributed by atoms with Crippen molar-refractivity contribution in [3.05, 3.63) is 52.2 Å². The quantitative estimate of drug-likeness (QED) is 0.819. The first-order chi connectivity index (χ1) is 12.8. The largest absolute Gasteiger partial charge is 0.454 e. The van der Waals surface area contributed by atoms with E-state index in [4.69, 9.17) is 14.2 Å². The van der Waals surface area contributed by atoms with E-state index in [1.54, 1.807) is 23.5 Å². The summed E-state index contributed by atoms with van der Waals surface area (Å²) in [5, 5.41) is 5.16. The second kappa shape index (κ2) is 7.51. The number of benzene rings is 1. The van der Waals surface area contributed by atoms with Gasteiger partial charge in [0.15, 0.2) is 11.5 Å². The molecule has 5 nitrogen and oxygen atoms in total. The van der Waals surface area contributed by atoms with Gasteiger partial charge in [0.05, 0.1) is 0 Å². The first kappa shape index (κ1) is 17.1. The Morgan fingerprint density at radius 3 is 2.85 bits per heavy atom. The third kappa shape index (κ3) is 3.61. The van der Waals surface area contributed by atoms with E-state index in [0.29, 0.717) is 12.3 Å². The zero-order chi connectivity index (χ0) is 17.8. The van der Waals surface area contributed by atoms with Crippen LogP contribution in [-0.4, -0.2) is 32.5 Å². The van der Waals surface area contributed by atoms with E-state index in [9.17, 15) is 4.79 Å². The van der Waals surface area contributed by atoms with Crippen LogP contribution in [0.25, 0.3) is 6.08 Å². The van der Waals surface area contributed by atoms with Crippen LogP contribution < -0.4 is 14.8 Å². The number of nitrogens with one attached hydrogen (secondary N) is 1. The number of hydrogen-bond donors (Lipinski definition) is 1. The van der Waals surface area contributed by atoms with Crippen LogP contribution in [0.4, 0.5) is 0 Å². The van der Waals surface area contributed by atoms with E-state index < -0.39 is 0 Å². The second-order valence-corrected chi connectivity index (χ2v) is 7.48. The summed E-state index contributed by atoms with van der Waals surface area (Å²) >= 11 is 1.75. The smallest absolute Gasteiger partial charge is 0.244 e. The molecule has 2 aliphatic heterocycles. The Balaban J connectivity index is 1.39. The molecule has 3 heterocycles. The van der Waals surface area contributed by atoms with Crippen molar-refractivity contribution >= 4 is 23.3 Å². The molecule has 0 radical (unpaired) electrons. The van der Waals surface area contributed by atoms with Gasteiger partial charge in [0.2, 0.25) is 12.7 Å². The normalized spacial score (nSPS) is 18.2. The minimum Gasteiger partial charge on any atom is -0.454 e. The van der Waals surface area contributed by atoms with Crippen molar-refractivity contribution in [1.82, 2.24) is 5.32 Å². The lowest BCUT2D eigenvalue weighted by Gasteiger charge is -2.36. The van der Waals surface area contributed by atoms with Gasteiger partial charge in [-0.2, -0.15) is 0 Å². The summed E-state index contributed by atoms with van der Waals surface area (Å²) in [5.74, 6) is 1.36. The van der Waals surface area contributed by atoms with E-state index in [1.165, 1.54) is 4.88 Å². The van der Waals surface area contributed by atoms with Gasteiger partial charge in [0.1, 0.15) is 0 Å². The first-order valence-electron chi connectivity index (χ1n) is 8.73. The predicted octanol–water partition coefficient (Wildman–Crippen LogP) is 3.35. The van der Waals surface area contributed by atoms with Crippen molar-refractivity contribution in [2.75, 3.05) is 26.6 Å². The molecule has 2 aromatic rings. The monoisotopic (exact) mass is 371 g/mol. The summed E-state index contributed by atoms with van der Waals surface area (Å²) in [6.45, 7) is 2.35. The zero-order valence-electron chi connectivity index (χ0n) is 14.4. The molecule has 0 saturated carbocycles. The highest BCUT2D eigenvalue weighted by Crippen LogP contribution is 2.37. The average molecular weight is 371 g/mol. The van der Waals surface area contributed by atoms with E-state index in [2.05, 4.69) is 22.8 Å². The SMILES string of the molecule is O=C(/C=C/c1ccc2c(c1)OCO2)NCC1(c2cccs2)CCOCC1. The molecule has 1 saturated heterocycles. The Hall–Kier alpha value is -2.31. The predicted molar refractivity (Wildman–Crippen MR) is 101 cm³/mol. The Kier molecular flexibility index (Phi) is 4.95. The van der Waals surface area contributed by atoms with Crippen molar-refractivity contribution in [1.29, 1.82) is 0 Å². The summed E-state index contributed by atoms with van der Waals surface area (Å²) in [4.78, 5) is 13.6. The first-order valence-corrected chi connectivity index (χ1v) is 9.60. The standard InChI is InChI=1S/C20H21NO4S/c22-19(6-4-15-3-5-16-17(12-15)25-14-24-16)21-13-20(7-9-23-10-8-20)18-2-1-11-26-18/h1-6,11-12H,7-10,13-14H2,(H,21,22)/b6-4+. The van der Waals surface area contributed by atoms with Gasteiger partial charge in [0, 0.05) is 36.1 Å². The minimum absolute atomic E-state index is 0.0192. The van der Waals surface area contributed by atoms with Crippen molar-refractivity contribution in [2.24, 2.45) is 0 Å². The van der Waals surface area contributed by atoms with Crippen LogP contribution in [0.15, 0.2) is 41.8 Å². The van der Waals surface area contributed by atoms with Crippen molar-refractivity contribution in [2.45, 2.75) is 18.3 Å². The Bertz CT molecular complexity index is 794. The highest BCUT2D eigenvalue weighted by Gasteiger charge is 2.35. The van der Waals surface area contributed by atoms with E-state index >= 15 is 0 Å². The lowest BCUT2D eigenvalue weighted by Crippen LogP contribution is -2.43. The van der Waals surface area contributed by atoms with Gasteiger partial charge in [-0.05, 0) is 48.1 Å². The summed E-state index contributed by atoms with van der Waals surface area (Å²) in [5.41, 5.74) is 0.887. The number of rotatable bonds is 5. The number of carbonyl (C=O) groups is 1. The molecule has 0 bridgehead atoms. The van der Waals surface area contributed by atoms with Gasteiger partial charge in [0.25, 0.3) is 0 Å². The van der Waals surface area contributed by atoms with Crippen LogP contribution in [0, 0.1) is 0 Å². The summed E-state index contributed by atoms with van der Waals surface area (Å²) in [6, 6.07) is 9.86. The zero-order valence-corrected chi connectivity index (χ0v) is 15.2. The molecule has 1 amide bonds. The summed E-state index contributed by atoms with van der Waals surface area (Å²) in [6.07, 6.45) is 5.22. The van der Waals surface area contributed by atoms with Gasteiger partial charge in [-0.1, -0.05) is 12.1 Å². The highest BCUT2D eigenvalue weighted by molar-refractivity contribution is 7.10. The van der Waals surface area contributed by atoms with Gasteiger partial charge < -0.3 is 19.5 Å². The van der Waals surface area contributed by atoms with Crippen LogP contribution in [0.2, 0.25) is 0 Å². The lowest BCUT2D eigenvalue weighted by atomic mass is 9.78. The highest BCUT2D eigenvalue weighted by atomic mass is 32.1. The molecule has 0 aliphatic carbocycles. The molecule has 0 unspecified atom stereocenters. The van der Waals surface area contributed by atoms with Crippen LogP contribution in [0.3, 0.4) is 0 Å².